The molecule has 0 saturated carbocycles. The zero-order valence-corrected chi connectivity index (χ0v) is 13.4. The van der Waals surface area contributed by atoms with Crippen LogP contribution in [0.4, 0.5) is 5.69 Å². The summed E-state index contributed by atoms with van der Waals surface area (Å²) in [6, 6.07) is 5.57. The number of aromatic nitrogens is 2. The molecule has 3 aromatic rings. The molecular formula is C15H12BrN3O3. The third-order valence-electron chi connectivity index (χ3n) is 3.27. The summed E-state index contributed by atoms with van der Waals surface area (Å²) >= 11 is 3.40. The van der Waals surface area contributed by atoms with Crippen LogP contribution in [-0.4, -0.2) is 15.9 Å². The van der Waals surface area contributed by atoms with E-state index in [1.165, 1.54) is 6.33 Å². The van der Waals surface area contributed by atoms with Gasteiger partial charge >= 0.3 is 0 Å². The molecule has 112 valence electrons. The van der Waals surface area contributed by atoms with Crippen LogP contribution in [0.15, 0.2) is 38.2 Å². The van der Waals surface area contributed by atoms with E-state index in [1.807, 2.05) is 19.1 Å². The second kappa shape index (κ2) is 5.42. The number of fused-ring (bicyclic) bond motifs is 1. The second-order valence-electron chi connectivity index (χ2n) is 4.88. The molecule has 0 fully saturated rings. The number of hydrogen-bond donors (Lipinski definition) is 2. The molecule has 6 nitrogen and oxygen atoms in total. The molecule has 0 spiro atoms. The van der Waals surface area contributed by atoms with Gasteiger partial charge in [-0.05, 0) is 47.5 Å². The van der Waals surface area contributed by atoms with Gasteiger partial charge in [0.2, 0.25) is 5.71 Å². The molecule has 1 aromatic carbocycles. The molecule has 0 aliphatic heterocycles. The molecule has 0 saturated heterocycles. The first-order valence-corrected chi connectivity index (χ1v) is 7.31. The van der Waals surface area contributed by atoms with Crippen molar-refractivity contribution in [1.29, 1.82) is 0 Å². The Labute approximate surface area is 133 Å². The summed E-state index contributed by atoms with van der Waals surface area (Å²) in [5.41, 5.74) is 1.61. The van der Waals surface area contributed by atoms with E-state index >= 15 is 0 Å². The fourth-order valence-corrected chi connectivity index (χ4v) is 2.83. The van der Waals surface area contributed by atoms with Gasteiger partial charge in [-0.15, -0.1) is 0 Å². The number of rotatable bonds is 2. The van der Waals surface area contributed by atoms with Crippen molar-refractivity contribution in [3.05, 3.63) is 56.2 Å². The number of carbonyl (C=O) groups excluding carboxylic acids is 1. The Bertz CT molecular complexity index is 943. The van der Waals surface area contributed by atoms with Crippen LogP contribution in [0, 0.1) is 13.8 Å². The van der Waals surface area contributed by atoms with Gasteiger partial charge in [0, 0.05) is 4.47 Å². The fourth-order valence-electron chi connectivity index (χ4n) is 2.23. The lowest BCUT2D eigenvalue weighted by molar-refractivity contribution is 0.102. The summed E-state index contributed by atoms with van der Waals surface area (Å²) in [5, 5.41) is 2.93. The van der Waals surface area contributed by atoms with E-state index in [2.05, 4.69) is 31.2 Å². The van der Waals surface area contributed by atoms with Crippen LogP contribution in [0.1, 0.15) is 21.7 Å². The van der Waals surface area contributed by atoms with Crippen molar-refractivity contribution in [3.63, 3.8) is 0 Å². The average molecular weight is 362 g/mol. The van der Waals surface area contributed by atoms with E-state index < -0.39 is 11.5 Å². The lowest BCUT2D eigenvalue weighted by atomic mass is 10.1. The molecule has 0 aliphatic carbocycles. The molecule has 2 heterocycles. The molecule has 0 atom stereocenters. The number of halogens is 1. The number of benzene rings is 1. The maximum Gasteiger partial charge on any atom is 0.262 e. The minimum atomic E-state index is -0.417. The van der Waals surface area contributed by atoms with Crippen molar-refractivity contribution in [2.24, 2.45) is 0 Å². The molecule has 3 rings (SSSR count). The van der Waals surface area contributed by atoms with E-state index in [1.54, 1.807) is 13.0 Å². The molecule has 0 unspecified atom stereocenters. The highest BCUT2D eigenvalue weighted by Crippen LogP contribution is 2.26. The number of aryl methyl sites for hydroxylation is 2. The van der Waals surface area contributed by atoms with Crippen molar-refractivity contribution < 1.29 is 9.21 Å². The molecule has 22 heavy (non-hydrogen) atoms. The molecule has 2 aromatic heterocycles. The van der Waals surface area contributed by atoms with Crippen molar-refractivity contribution in [2.75, 3.05) is 5.32 Å². The molecule has 7 heteroatoms. The zero-order valence-electron chi connectivity index (χ0n) is 11.9. The summed E-state index contributed by atoms with van der Waals surface area (Å²) in [4.78, 5) is 30.8. The normalized spacial score (nSPS) is 10.9. The number of hydrogen-bond acceptors (Lipinski definition) is 4. The Morgan fingerprint density at radius 2 is 2.14 bits per heavy atom. The third-order valence-corrected chi connectivity index (χ3v) is 3.93. The standard InChI is InChI=1S/C15H12BrN3O3/c1-7-3-4-10(9(16)5-7)19-14(21)11-8(2)22-15-12(11)13(20)17-6-18-15/h3-6H,1-2H3,(H,19,21)(H,17,18,20). The molecule has 0 bridgehead atoms. The summed E-state index contributed by atoms with van der Waals surface area (Å²) in [7, 11) is 0. The quantitative estimate of drug-likeness (QED) is 0.733. The number of nitrogens with zero attached hydrogens (tertiary/aromatic N) is 1. The van der Waals surface area contributed by atoms with Crippen LogP contribution < -0.4 is 10.9 Å². The van der Waals surface area contributed by atoms with E-state index in [4.69, 9.17) is 4.42 Å². The fraction of sp³-hybridized carbons (Fsp3) is 0.133. The van der Waals surface area contributed by atoms with Gasteiger partial charge in [0.1, 0.15) is 11.1 Å². The van der Waals surface area contributed by atoms with Gasteiger partial charge in [0.05, 0.1) is 17.6 Å². The molecule has 2 N–H and O–H groups in total. The summed E-state index contributed by atoms with van der Waals surface area (Å²) < 4.78 is 6.15. The van der Waals surface area contributed by atoms with Gasteiger partial charge in [-0.1, -0.05) is 6.07 Å². The minimum absolute atomic E-state index is 0.148. The van der Waals surface area contributed by atoms with Crippen molar-refractivity contribution in [3.8, 4) is 0 Å². The first-order chi connectivity index (χ1) is 10.5. The number of amides is 1. The van der Waals surface area contributed by atoms with E-state index in [0.29, 0.717) is 11.4 Å². The van der Waals surface area contributed by atoms with Gasteiger partial charge in [0.25, 0.3) is 11.5 Å². The zero-order chi connectivity index (χ0) is 15.9. The number of H-pyrrole nitrogens is 1. The molecular weight excluding hydrogens is 350 g/mol. The van der Waals surface area contributed by atoms with Crippen LogP contribution in [-0.2, 0) is 0 Å². The van der Waals surface area contributed by atoms with Gasteiger partial charge in [-0.2, -0.15) is 0 Å². The first kappa shape index (κ1) is 14.5. The largest absolute Gasteiger partial charge is 0.442 e. The number of carbonyl (C=O) groups is 1. The van der Waals surface area contributed by atoms with E-state index in [0.717, 1.165) is 10.0 Å². The van der Waals surface area contributed by atoms with Crippen molar-refractivity contribution >= 4 is 38.6 Å². The van der Waals surface area contributed by atoms with Gasteiger partial charge in [-0.3, -0.25) is 9.59 Å². The van der Waals surface area contributed by atoms with Crippen LogP contribution in [0.2, 0.25) is 0 Å². The lowest BCUT2D eigenvalue weighted by Gasteiger charge is -2.07. The maximum atomic E-state index is 12.5. The predicted octanol–water partition coefficient (Wildman–Crippen LogP) is 3.15. The van der Waals surface area contributed by atoms with Gasteiger partial charge < -0.3 is 14.7 Å². The van der Waals surface area contributed by atoms with Crippen LogP contribution in [0.5, 0.6) is 0 Å². The summed E-state index contributed by atoms with van der Waals surface area (Å²) in [5.74, 6) is -0.0702. The topological polar surface area (TPSA) is 88.0 Å². The number of nitrogens with one attached hydrogen (secondary N) is 2. The van der Waals surface area contributed by atoms with Crippen LogP contribution in [0.3, 0.4) is 0 Å². The molecule has 0 radical (unpaired) electrons. The highest BCUT2D eigenvalue weighted by atomic mass is 79.9. The van der Waals surface area contributed by atoms with E-state index in [9.17, 15) is 9.59 Å². The highest BCUT2D eigenvalue weighted by molar-refractivity contribution is 9.10. The van der Waals surface area contributed by atoms with Gasteiger partial charge in [-0.25, -0.2) is 4.98 Å². The highest BCUT2D eigenvalue weighted by Gasteiger charge is 2.22. The Morgan fingerprint density at radius 1 is 1.36 bits per heavy atom. The van der Waals surface area contributed by atoms with Gasteiger partial charge in [0.15, 0.2) is 0 Å². The third kappa shape index (κ3) is 2.43. The minimum Gasteiger partial charge on any atom is -0.442 e. The van der Waals surface area contributed by atoms with Crippen molar-refractivity contribution in [2.45, 2.75) is 13.8 Å². The predicted molar refractivity (Wildman–Crippen MR) is 86.2 cm³/mol. The Morgan fingerprint density at radius 3 is 2.86 bits per heavy atom. The Balaban J connectivity index is 2.06. The SMILES string of the molecule is Cc1ccc(NC(=O)c2c(C)oc3nc[nH]c(=O)c23)c(Br)c1. The average Bonchev–Trinajstić information content (AvgIpc) is 2.79. The maximum absolute atomic E-state index is 12.5. The molecule has 0 aliphatic rings. The Kier molecular flexibility index (Phi) is 3.58. The number of anilines is 1. The number of aromatic amines is 1. The van der Waals surface area contributed by atoms with Crippen LogP contribution in [0.25, 0.3) is 11.1 Å². The Hall–Kier alpha value is -2.41. The first-order valence-electron chi connectivity index (χ1n) is 6.51. The number of furan rings is 1. The van der Waals surface area contributed by atoms with E-state index in [-0.39, 0.29) is 16.7 Å². The van der Waals surface area contributed by atoms with Crippen LogP contribution >= 0.6 is 15.9 Å². The summed E-state index contributed by atoms with van der Waals surface area (Å²) in [6.07, 6.45) is 1.24. The monoisotopic (exact) mass is 361 g/mol. The molecule has 1 amide bonds. The summed E-state index contributed by atoms with van der Waals surface area (Å²) in [6.45, 7) is 3.58. The smallest absolute Gasteiger partial charge is 0.262 e. The van der Waals surface area contributed by atoms with Crippen molar-refractivity contribution in [1.82, 2.24) is 9.97 Å². The second-order valence-corrected chi connectivity index (χ2v) is 5.74. The lowest BCUT2D eigenvalue weighted by Crippen LogP contribution is -2.16.